The third-order valence-electron chi connectivity index (χ3n) is 6.39. The highest BCUT2D eigenvalue weighted by Gasteiger charge is 2.68. The lowest BCUT2D eigenvalue weighted by Gasteiger charge is -2.54. The number of carbonyl (C=O) groups is 2. The smallest absolute Gasteiger partial charge is 0.341 e. The van der Waals surface area contributed by atoms with Crippen LogP contribution in [0.4, 0.5) is 0 Å². The van der Waals surface area contributed by atoms with Gasteiger partial charge in [-0.15, -0.1) is 0 Å². The van der Waals surface area contributed by atoms with Gasteiger partial charge in [0.25, 0.3) is 11.6 Å². The molecular formula is C19H32O11. The number of aliphatic hydroxyl groups is 1. The Kier molecular flexibility index (Phi) is 6.62. The Morgan fingerprint density at radius 2 is 1.07 bits per heavy atom. The molecule has 11 heteroatoms. The summed E-state index contributed by atoms with van der Waals surface area (Å²) < 4.78 is 43.9. The zero-order chi connectivity index (χ0) is 23.2. The molecule has 11 nitrogen and oxygen atoms in total. The van der Waals surface area contributed by atoms with Crippen LogP contribution in [0, 0.1) is 0 Å². The minimum Gasteiger partial charge on any atom is -0.425 e. The Labute approximate surface area is 175 Å². The summed E-state index contributed by atoms with van der Waals surface area (Å²) in [6, 6.07) is 0. The highest BCUT2D eigenvalue weighted by molar-refractivity contribution is 5.83. The molecule has 0 radical (unpaired) electrons. The first-order valence-corrected chi connectivity index (χ1v) is 9.49. The van der Waals surface area contributed by atoms with Crippen molar-refractivity contribution in [2.24, 2.45) is 0 Å². The van der Waals surface area contributed by atoms with Crippen molar-refractivity contribution in [1.82, 2.24) is 0 Å². The lowest BCUT2D eigenvalue weighted by Crippen LogP contribution is -2.74. The predicted molar refractivity (Wildman–Crippen MR) is 98.8 cm³/mol. The maximum atomic E-state index is 12.8. The molecule has 2 heterocycles. The summed E-state index contributed by atoms with van der Waals surface area (Å²) in [5, 5.41) is 11.5. The van der Waals surface area contributed by atoms with Crippen molar-refractivity contribution in [1.29, 1.82) is 0 Å². The zero-order valence-corrected chi connectivity index (χ0v) is 18.9. The van der Waals surface area contributed by atoms with Gasteiger partial charge in [-0.3, -0.25) is 0 Å². The fourth-order valence-electron chi connectivity index (χ4n) is 3.48. The van der Waals surface area contributed by atoms with Crippen LogP contribution in [0.3, 0.4) is 0 Å². The van der Waals surface area contributed by atoms with E-state index in [1.165, 1.54) is 56.1 Å². The normalized spacial score (nSPS) is 42.6. The topological polar surface area (TPSA) is 128 Å². The summed E-state index contributed by atoms with van der Waals surface area (Å²) >= 11 is 0. The largest absolute Gasteiger partial charge is 0.425 e. The van der Waals surface area contributed by atoms with Crippen LogP contribution in [-0.4, -0.2) is 86.4 Å². The van der Waals surface area contributed by atoms with E-state index in [0.29, 0.717) is 0 Å². The molecule has 0 amide bonds. The highest BCUT2D eigenvalue weighted by Crippen LogP contribution is 2.45. The quantitative estimate of drug-likeness (QED) is 0.559. The lowest BCUT2D eigenvalue weighted by atomic mass is 9.84. The molecule has 2 fully saturated rings. The molecule has 0 bridgehead atoms. The molecule has 0 saturated carbocycles. The molecule has 1 N–H and O–H groups in total. The Morgan fingerprint density at radius 3 is 1.30 bits per heavy atom. The number of carbonyl (C=O) groups excluding carboxylic acids is 2. The van der Waals surface area contributed by atoms with Crippen LogP contribution in [0.5, 0.6) is 0 Å². The summed E-state index contributed by atoms with van der Waals surface area (Å²) in [4.78, 5) is 25.7. The van der Waals surface area contributed by atoms with E-state index in [9.17, 15) is 14.7 Å². The number of cyclic esters (lactones) is 2. The first-order valence-electron chi connectivity index (χ1n) is 9.49. The fourth-order valence-corrected chi connectivity index (χ4v) is 3.48. The monoisotopic (exact) mass is 436 g/mol. The van der Waals surface area contributed by atoms with E-state index < -0.39 is 52.9 Å². The molecule has 0 aliphatic carbocycles. The van der Waals surface area contributed by atoms with E-state index in [1.807, 2.05) is 0 Å². The van der Waals surface area contributed by atoms with E-state index in [-0.39, 0.29) is 6.42 Å². The Bertz CT molecular complexity index is 631. The third-order valence-corrected chi connectivity index (χ3v) is 6.39. The summed E-state index contributed by atoms with van der Waals surface area (Å²) in [6.07, 6.45) is -3.47. The summed E-state index contributed by atoms with van der Waals surface area (Å²) in [5.74, 6) is -8.34. The average Bonchev–Trinajstić information content (AvgIpc) is 2.72. The molecule has 174 valence electrons. The van der Waals surface area contributed by atoms with Gasteiger partial charge >= 0.3 is 11.9 Å². The molecule has 0 aromatic rings. The summed E-state index contributed by atoms with van der Waals surface area (Å²) in [6.45, 7) is 7.41. The molecule has 0 aromatic heterocycles. The number of methoxy groups -OCH3 is 4. The van der Waals surface area contributed by atoms with Gasteiger partial charge in [0.1, 0.15) is 5.60 Å². The van der Waals surface area contributed by atoms with Crippen molar-refractivity contribution < 1.29 is 52.6 Å². The van der Waals surface area contributed by atoms with Gasteiger partial charge in [0.2, 0.25) is 11.6 Å². The number of hydrogen-bond donors (Lipinski definition) is 1. The molecule has 0 spiro atoms. The van der Waals surface area contributed by atoms with Gasteiger partial charge in [0.15, 0.2) is 12.2 Å². The highest BCUT2D eigenvalue weighted by atomic mass is 16.8. The van der Waals surface area contributed by atoms with Crippen molar-refractivity contribution in [2.75, 3.05) is 28.4 Å². The van der Waals surface area contributed by atoms with Crippen LogP contribution in [0.1, 0.15) is 41.0 Å². The van der Waals surface area contributed by atoms with Crippen LogP contribution in [0.2, 0.25) is 0 Å². The van der Waals surface area contributed by atoms with E-state index in [4.69, 9.17) is 37.9 Å². The molecule has 0 unspecified atom stereocenters. The van der Waals surface area contributed by atoms with E-state index in [2.05, 4.69) is 0 Å². The minimum absolute atomic E-state index is 0.139. The van der Waals surface area contributed by atoms with E-state index >= 15 is 0 Å². The number of ether oxygens (including phenoxy) is 8. The van der Waals surface area contributed by atoms with Gasteiger partial charge in [-0.05, 0) is 20.3 Å². The number of rotatable bonds is 7. The van der Waals surface area contributed by atoms with Gasteiger partial charge in [-0.2, -0.15) is 0 Å². The third kappa shape index (κ3) is 3.42. The van der Waals surface area contributed by atoms with Gasteiger partial charge in [0, 0.05) is 42.3 Å². The van der Waals surface area contributed by atoms with Crippen LogP contribution < -0.4 is 0 Å². The average molecular weight is 436 g/mol. The minimum atomic E-state index is -2.20. The lowest BCUT2D eigenvalue weighted by molar-refractivity contribution is -0.437. The second-order valence-electron chi connectivity index (χ2n) is 7.78. The van der Waals surface area contributed by atoms with Crippen molar-refractivity contribution in [3.63, 3.8) is 0 Å². The van der Waals surface area contributed by atoms with Crippen LogP contribution >= 0.6 is 0 Å². The first-order chi connectivity index (χ1) is 13.7. The van der Waals surface area contributed by atoms with Crippen molar-refractivity contribution >= 4 is 11.9 Å². The maximum Gasteiger partial charge on any atom is 0.341 e. The second-order valence-corrected chi connectivity index (χ2v) is 7.78. The second kappa shape index (κ2) is 7.97. The maximum absolute atomic E-state index is 12.8. The van der Waals surface area contributed by atoms with Crippen molar-refractivity contribution in [2.45, 2.75) is 82.0 Å². The molecule has 30 heavy (non-hydrogen) atoms. The van der Waals surface area contributed by atoms with Crippen molar-refractivity contribution in [3.05, 3.63) is 0 Å². The van der Waals surface area contributed by atoms with E-state index in [1.54, 1.807) is 6.92 Å². The van der Waals surface area contributed by atoms with Crippen LogP contribution in [0.15, 0.2) is 0 Å². The molecule has 2 aliphatic heterocycles. The summed E-state index contributed by atoms with van der Waals surface area (Å²) in [5.41, 5.74) is -2.20. The number of esters is 2. The molecular weight excluding hydrogens is 404 g/mol. The molecule has 2 rings (SSSR count). The van der Waals surface area contributed by atoms with E-state index in [0.717, 1.165) is 0 Å². The molecule has 2 aliphatic rings. The fraction of sp³-hybridized carbons (Fsp3) is 0.895. The zero-order valence-electron chi connectivity index (χ0n) is 18.9. The Morgan fingerprint density at radius 1 is 0.767 bits per heavy atom. The van der Waals surface area contributed by atoms with Crippen LogP contribution in [-0.2, 0) is 47.5 Å². The number of hydrogen-bond acceptors (Lipinski definition) is 11. The molecule has 6 atom stereocenters. The van der Waals surface area contributed by atoms with Gasteiger partial charge < -0.3 is 43.0 Å². The Hall–Kier alpha value is -1.34. The van der Waals surface area contributed by atoms with Gasteiger partial charge in [0.05, 0.1) is 0 Å². The standard InChI is InChI=1S/C19H32O11/c1-10-19(22,11-13(20)29-17(4,25-8)15(2,23-6)27-11)12-14(21)30-18(5,26-9)16(3,24-7)28-12/h11-12,22H,10H2,1-9H3/t11-,12-,15-,16-,17-,18-/m0/s1. The predicted octanol–water partition coefficient (Wildman–Crippen LogP) is 0.462. The SMILES string of the molecule is CCC(O)([C@H]1O[C@](C)(OC)[C@@](C)(OC)OC1=O)[C@H]1O[C@](C)(OC)[C@@](C)(OC)OC1=O. The van der Waals surface area contributed by atoms with Gasteiger partial charge in [-0.25, -0.2) is 9.59 Å². The molecule has 0 aromatic carbocycles. The molecule has 2 saturated heterocycles. The van der Waals surface area contributed by atoms with Crippen molar-refractivity contribution in [3.8, 4) is 0 Å². The summed E-state index contributed by atoms with van der Waals surface area (Å²) in [7, 11) is 5.29. The van der Waals surface area contributed by atoms with Crippen LogP contribution in [0.25, 0.3) is 0 Å². The first kappa shape index (κ1) is 24.9. The Balaban J connectivity index is 2.48. The van der Waals surface area contributed by atoms with Gasteiger partial charge in [-0.1, -0.05) is 6.92 Å².